The van der Waals surface area contributed by atoms with Crippen LogP contribution >= 0.6 is 0 Å². The number of aryl methyl sites for hydroxylation is 1. The van der Waals surface area contributed by atoms with Crippen molar-refractivity contribution in [3.05, 3.63) is 114 Å². The molecular formula is C34H28FN3O7. The van der Waals surface area contributed by atoms with Crippen molar-refractivity contribution in [2.24, 2.45) is 0 Å². The van der Waals surface area contributed by atoms with Gasteiger partial charge in [0.15, 0.2) is 11.5 Å². The highest BCUT2D eigenvalue weighted by atomic mass is 19.1. The van der Waals surface area contributed by atoms with Gasteiger partial charge < -0.3 is 24.4 Å². The van der Waals surface area contributed by atoms with E-state index in [1.807, 2.05) is 0 Å². The van der Waals surface area contributed by atoms with Gasteiger partial charge in [-0.25, -0.2) is 9.18 Å². The van der Waals surface area contributed by atoms with Crippen molar-refractivity contribution in [3.8, 4) is 33.9 Å². The highest BCUT2D eigenvalue weighted by molar-refractivity contribution is 6.12. The fourth-order valence-electron chi connectivity index (χ4n) is 4.58. The van der Waals surface area contributed by atoms with Gasteiger partial charge in [0.25, 0.3) is 0 Å². The normalized spacial score (nSPS) is 10.6. The minimum absolute atomic E-state index is 0.0103. The summed E-state index contributed by atoms with van der Waals surface area (Å²) in [5.74, 6) is -0.443. The van der Waals surface area contributed by atoms with E-state index in [4.69, 9.17) is 14.0 Å². The van der Waals surface area contributed by atoms with Crippen LogP contribution in [0.3, 0.4) is 0 Å². The number of amides is 2. The van der Waals surface area contributed by atoms with Crippen molar-refractivity contribution in [2.45, 2.75) is 20.0 Å². The topological polar surface area (TPSA) is 140 Å². The highest BCUT2D eigenvalue weighted by Gasteiger charge is 2.20. The van der Waals surface area contributed by atoms with E-state index < -0.39 is 30.0 Å². The number of rotatable bonds is 11. The Labute approximate surface area is 257 Å². The number of nitrogens with zero attached hydrogens (tertiary/aromatic N) is 1. The molecule has 0 fully saturated rings. The number of methoxy groups -OCH3 is 1. The van der Waals surface area contributed by atoms with Crippen LogP contribution in [-0.4, -0.2) is 35.2 Å². The number of ketones is 1. The first-order valence-corrected chi connectivity index (χ1v) is 13.8. The summed E-state index contributed by atoms with van der Waals surface area (Å²) in [4.78, 5) is 37.8. The summed E-state index contributed by atoms with van der Waals surface area (Å²) in [6.45, 7) is 1.85. The molecule has 5 aromatic rings. The van der Waals surface area contributed by atoms with Gasteiger partial charge in [-0.1, -0.05) is 53.7 Å². The van der Waals surface area contributed by atoms with Gasteiger partial charge in [0.1, 0.15) is 23.9 Å². The van der Waals surface area contributed by atoms with Gasteiger partial charge in [-0.3, -0.25) is 14.9 Å². The quantitative estimate of drug-likeness (QED) is 0.104. The molecule has 5 rings (SSSR count). The van der Waals surface area contributed by atoms with E-state index in [1.54, 1.807) is 74.7 Å². The van der Waals surface area contributed by atoms with Gasteiger partial charge in [-0.2, -0.15) is 0 Å². The lowest BCUT2D eigenvalue weighted by Crippen LogP contribution is -2.19. The van der Waals surface area contributed by atoms with Gasteiger partial charge >= 0.3 is 6.09 Å². The van der Waals surface area contributed by atoms with Crippen molar-refractivity contribution >= 4 is 29.2 Å². The molecule has 4 aromatic carbocycles. The van der Waals surface area contributed by atoms with E-state index in [-0.39, 0.29) is 40.4 Å². The molecule has 0 atom stereocenters. The number of carbonyl (C=O) groups excluding carboxylic acids is 2. The summed E-state index contributed by atoms with van der Waals surface area (Å²) in [5, 5.41) is 18.2. The zero-order valence-corrected chi connectivity index (χ0v) is 24.3. The minimum Gasteiger partial charge on any atom is -0.497 e. The lowest BCUT2D eigenvalue weighted by Gasteiger charge is -2.18. The Morgan fingerprint density at radius 2 is 1.64 bits per heavy atom. The van der Waals surface area contributed by atoms with E-state index in [0.29, 0.717) is 22.8 Å². The first kappa shape index (κ1) is 30.5. The Morgan fingerprint density at radius 1 is 0.889 bits per heavy atom. The number of halogens is 1. The minimum atomic E-state index is -1.40. The Kier molecular flexibility index (Phi) is 9.18. The zero-order chi connectivity index (χ0) is 31.9. The molecule has 45 heavy (non-hydrogen) atoms. The molecule has 1 aromatic heterocycles. The highest BCUT2D eigenvalue weighted by Crippen LogP contribution is 2.39. The molecule has 0 aliphatic heterocycles. The molecule has 10 nitrogen and oxygen atoms in total. The maximum atomic E-state index is 15.0. The molecule has 1 heterocycles. The predicted octanol–water partition coefficient (Wildman–Crippen LogP) is 7.35. The fraction of sp³-hybridized carbons (Fsp3) is 0.118. The molecule has 0 saturated carbocycles. The van der Waals surface area contributed by atoms with E-state index in [0.717, 1.165) is 5.56 Å². The van der Waals surface area contributed by atoms with Gasteiger partial charge in [0.05, 0.1) is 30.6 Å². The van der Waals surface area contributed by atoms with Crippen LogP contribution in [0.25, 0.3) is 22.5 Å². The van der Waals surface area contributed by atoms with Crippen molar-refractivity contribution in [1.82, 2.24) is 5.16 Å². The number of Topliss-reactive ketones (excluding diaryl/α,β-unsaturated/α-hetero) is 1. The third-order valence-electron chi connectivity index (χ3n) is 6.77. The van der Waals surface area contributed by atoms with Gasteiger partial charge in [-0.05, 0) is 42.8 Å². The molecule has 0 aliphatic carbocycles. The summed E-state index contributed by atoms with van der Waals surface area (Å²) in [6, 6.07) is 24.2. The molecule has 11 heteroatoms. The molecular weight excluding hydrogens is 581 g/mol. The second kappa shape index (κ2) is 13.6. The number of hydrogen-bond acceptors (Lipinski definition) is 7. The predicted molar refractivity (Wildman–Crippen MR) is 165 cm³/mol. The Hall–Kier alpha value is -5.97. The van der Waals surface area contributed by atoms with Crippen molar-refractivity contribution in [3.63, 3.8) is 0 Å². The van der Waals surface area contributed by atoms with Crippen LogP contribution in [0.15, 0.2) is 95.5 Å². The Morgan fingerprint density at radius 3 is 2.33 bits per heavy atom. The summed E-state index contributed by atoms with van der Waals surface area (Å²) in [7, 11) is 1.55. The van der Waals surface area contributed by atoms with E-state index >= 15 is 4.39 Å². The number of aromatic nitrogens is 1. The number of carbonyl (C=O) groups is 3. The van der Waals surface area contributed by atoms with Gasteiger partial charge in [-0.15, -0.1) is 0 Å². The van der Waals surface area contributed by atoms with Crippen LogP contribution in [0.2, 0.25) is 0 Å². The van der Waals surface area contributed by atoms with E-state index in [1.165, 1.54) is 30.3 Å². The summed E-state index contributed by atoms with van der Waals surface area (Å²) in [6.07, 6.45) is -1.95. The fourth-order valence-corrected chi connectivity index (χ4v) is 4.58. The monoisotopic (exact) mass is 609 g/mol. The average molecular weight is 610 g/mol. The van der Waals surface area contributed by atoms with E-state index in [2.05, 4.69) is 15.8 Å². The summed E-state index contributed by atoms with van der Waals surface area (Å²) < 4.78 is 31.5. The van der Waals surface area contributed by atoms with Crippen LogP contribution in [0, 0.1) is 12.7 Å². The molecule has 228 valence electrons. The first-order chi connectivity index (χ1) is 21.7. The Bertz CT molecular complexity index is 1870. The van der Waals surface area contributed by atoms with Crippen LogP contribution in [0.1, 0.15) is 28.0 Å². The van der Waals surface area contributed by atoms with E-state index in [9.17, 15) is 19.5 Å². The van der Waals surface area contributed by atoms with Crippen LogP contribution in [0.5, 0.6) is 11.5 Å². The molecule has 0 unspecified atom stereocenters. The van der Waals surface area contributed by atoms with Crippen LogP contribution in [-0.2, 0) is 11.4 Å². The second-order valence-corrected chi connectivity index (χ2v) is 10.0. The largest absolute Gasteiger partial charge is 0.497 e. The van der Waals surface area contributed by atoms with Crippen molar-refractivity contribution < 1.29 is 37.9 Å². The molecule has 0 radical (unpaired) electrons. The number of carboxylic acid groups (broad SMARTS) is 1. The van der Waals surface area contributed by atoms with Crippen LogP contribution < -0.4 is 20.1 Å². The lowest BCUT2D eigenvalue weighted by molar-refractivity contribution is -0.115. The third-order valence-corrected chi connectivity index (χ3v) is 6.77. The number of anilines is 2. The van der Waals surface area contributed by atoms with Crippen LogP contribution in [0.4, 0.5) is 20.6 Å². The molecule has 0 spiro atoms. The smallest absolute Gasteiger partial charge is 0.409 e. The van der Waals surface area contributed by atoms with Gasteiger partial charge in [0, 0.05) is 34.4 Å². The number of ether oxygens (including phenoxy) is 2. The lowest BCUT2D eigenvalue weighted by atomic mass is 10.0. The molecule has 2 amide bonds. The Balaban J connectivity index is 1.43. The van der Waals surface area contributed by atoms with Crippen molar-refractivity contribution in [1.29, 1.82) is 0 Å². The first-order valence-electron chi connectivity index (χ1n) is 13.8. The SMILES string of the molecule is COc1ccc(COc2cc(NC(=O)O)c(NC(=O)CC(=O)c3cccc(-c4cc(C)no4)c3)cc2-c2ccccc2F)cc1. The van der Waals surface area contributed by atoms with Gasteiger partial charge in [0.2, 0.25) is 5.91 Å². The maximum absolute atomic E-state index is 15.0. The second-order valence-electron chi connectivity index (χ2n) is 10.0. The molecule has 3 N–H and O–H groups in total. The maximum Gasteiger partial charge on any atom is 0.409 e. The molecule has 0 bridgehead atoms. The number of hydrogen-bond donors (Lipinski definition) is 3. The summed E-state index contributed by atoms with van der Waals surface area (Å²) >= 11 is 0. The number of nitrogens with one attached hydrogen (secondary N) is 2. The zero-order valence-electron chi connectivity index (χ0n) is 24.3. The summed E-state index contributed by atoms with van der Waals surface area (Å²) in [5.41, 5.74) is 2.75. The standard InChI is InChI=1S/C34H28FN3O7/c1-20-14-31(45-38-20)23-7-5-6-22(15-23)30(39)18-33(40)36-28-16-26(25-8-3-4-9-27(25)35)32(17-29(28)37-34(41)42)44-19-21-10-12-24(43-2)13-11-21/h3-17,37H,18-19H2,1-2H3,(H,36,40)(H,41,42). The molecule has 0 aliphatic rings. The average Bonchev–Trinajstić information content (AvgIpc) is 3.47. The molecule has 0 saturated heterocycles. The number of benzene rings is 4. The van der Waals surface area contributed by atoms with Crippen molar-refractivity contribution in [2.75, 3.05) is 17.7 Å². The third kappa shape index (κ3) is 7.52.